The molecule has 1 aliphatic carbocycles. The first-order valence-corrected chi connectivity index (χ1v) is 8.55. The Balaban J connectivity index is 1.74. The van der Waals surface area contributed by atoms with Crippen molar-refractivity contribution in [3.63, 3.8) is 0 Å². The average molecular weight is 329 g/mol. The quantitative estimate of drug-likeness (QED) is 0.753. The third-order valence-electron chi connectivity index (χ3n) is 4.18. The fourth-order valence-corrected chi connectivity index (χ4v) is 2.85. The molecule has 1 amide bonds. The Morgan fingerprint density at radius 1 is 1.33 bits per heavy atom. The second-order valence-electron chi connectivity index (χ2n) is 6.05. The Hall–Kier alpha value is -2.30. The molecule has 0 aromatic heterocycles. The van der Waals surface area contributed by atoms with Crippen molar-refractivity contribution >= 4 is 17.8 Å². The number of amides is 1. The highest BCUT2D eigenvalue weighted by Crippen LogP contribution is 2.27. The number of rotatable bonds is 7. The molecule has 0 spiro atoms. The number of nitrogens with one attached hydrogen (secondary N) is 2. The molecule has 0 heterocycles. The number of benzene rings is 1. The summed E-state index contributed by atoms with van der Waals surface area (Å²) in [5.41, 5.74) is 1.66. The predicted molar refractivity (Wildman–Crippen MR) is 98.9 cm³/mol. The predicted octanol–water partition coefficient (Wildman–Crippen LogP) is 3.45. The average Bonchev–Trinajstić information content (AvgIpc) is 2.60. The number of para-hydroxylation sites is 1. The first kappa shape index (κ1) is 18.0. The molecule has 1 aromatic rings. The van der Waals surface area contributed by atoms with Crippen LogP contribution >= 0.6 is 0 Å². The largest absolute Gasteiger partial charge is 0.495 e. The van der Waals surface area contributed by atoms with Crippen LogP contribution in [0.25, 0.3) is 0 Å². The van der Waals surface area contributed by atoms with Crippen molar-refractivity contribution in [2.24, 2.45) is 4.99 Å². The molecule has 2 rings (SSSR count). The summed E-state index contributed by atoms with van der Waals surface area (Å²) in [4.78, 5) is 16.1. The molecule has 0 saturated heterocycles. The second-order valence-corrected chi connectivity index (χ2v) is 6.05. The Morgan fingerprint density at radius 2 is 2.12 bits per heavy atom. The number of hydrogen-bond acceptors (Lipinski definition) is 4. The molecule has 1 aromatic carbocycles. The molecule has 24 heavy (non-hydrogen) atoms. The van der Waals surface area contributed by atoms with Gasteiger partial charge in [-0.3, -0.25) is 9.79 Å². The van der Waals surface area contributed by atoms with Gasteiger partial charge in [-0.15, -0.1) is 0 Å². The maximum Gasteiger partial charge on any atom is 0.246 e. The number of anilines is 1. The van der Waals surface area contributed by atoms with Gasteiger partial charge in [0.05, 0.1) is 12.8 Å². The Kier molecular flexibility index (Phi) is 7.33. The van der Waals surface area contributed by atoms with Gasteiger partial charge in [0, 0.05) is 12.3 Å². The summed E-state index contributed by atoms with van der Waals surface area (Å²) >= 11 is 0. The number of ether oxygens (including phenoxy) is 1. The normalized spacial score (nSPS) is 15.8. The maximum absolute atomic E-state index is 12.0. The molecule has 1 fully saturated rings. The zero-order valence-corrected chi connectivity index (χ0v) is 14.5. The van der Waals surface area contributed by atoms with E-state index in [1.54, 1.807) is 13.3 Å². The molecular weight excluding hydrogens is 302 g/mol. The molecule has 0 bridgehead atoms. The summed E-state index contributed by atoms with van der Waals surface area (Å²) in [6, 6.07) is 6.24. The zero-order valence-electron chi connectivity index (χ0n) is 14.5. The van der Waals surface area contributed by atoms with Crippen molar-refractivity contribution in [2.45, 2.75) is 45.1 Å². The highest BCUT2D eigenvalue weighted by molar-refractivity contribution is 5.95. The van der Waals surface area contributed by atoms with Crippen LogP contribution in [0.5, 0.6) is 5.75 Å². The molecule has 2 N–H and O–H groups in total. The van der Waals surface area contributed by atoms with Gasteiger partial charge < -0.3 is 15.4 Å². The second kappa shape index (κ2) is 9.75. The van der Waals surface area contributed by atoms with Gasteiger partial charge in [-0.25, -0.2) is 0 Å². The minimum absolute atomic E-state index is 0.0885. The number of aryl methyl sites for hydroxylation is 1. The molecule has 1 saturated carbocycles. The van der Waals surface area contributed by atoms with Crippen LogP contribution in [0, 0.1) is 6.92 Å². The van der Waals surface area contributed by atoms with Gasteiger partial charge in [-0.05, 0) is 43.7 Å². The van der Waals surface area contributed by atoms with Crippen molar-refractivity contribution in [3.8, 4) is 5.75 Å². The number of carbonyl (C=O) groups is 1. The molecule has 0 atom stereocenters. The summed E-state index contributed by atoms with van der Waals surface area (Å²) in [6.45, 7) is 2.02. The van der Waals surface area contributed by atoms with E-state index in [9.17, 15) is 4.79 Å². The van der Waals surface area contributed by atoms with Crippen LogP contribution in [0.15, 0.2) is 35.5 Å². The van der Waals surface area contributed by atoms with Crippen LogP contribution in [-0.2, 0) is 4.79 Å². The molecule has 1 aliphatic rings. The van der Waals surface area contributed by atoms with Gasteiger partial charge in [-0.1, -0.05) is 31.4 Å². The zero-order chi connectivity index (χ0) is 17.2. The molecule has 0 aliphatic heterocycles. The van der Waals surface area contributed by atoms with Crippen LogP contribution < -0.4 is 15.4 Å². The molecule has 130 valence electrons. The number of nitrogens with zero attached hydrogens (tertiary/aromatic N) is 1. The Bertz CT molecular complexity index is 590. The minimum Gasteiger partial charge on any atom is -0.495 e. The lowest BCUT2D eigenvalue weighted by Gasteiger charge is -2.21. The third kappa shape index (κ3) is 5.72. The smallest absolute Gasteiger partial charge is 0.246 e. The number of methoxy groups -OCH3 is 1. The monoisotopic (exact) mass is 329 g/mol. The topological polar surface area (TPSA) is 62.7 Å². The SMILES string of the molecule is COc1cccc(C)c1NC(=O)C/N=C/C=C\NC1CCCCC1. The summed E-state index contributed by atoms with van der Waals surface area (Å²) < 4.78 is 5.27. The highest BCUT2D eigenvalue weighted by atomic mass is 16.5. The van der Waals surface area contributed by atoms with Crippen LogP contribution in [-0.4, -0.2) is 31.8 Å². The maximum atomic E-state index is 12.0. The summed E-state index contributed by atoms with van der Waals surface area (Å²) in [5, 5.41) is 6.24. The number of hydrogen-bond donors (Lipinski definition) is 2. The van der Waals surface area contributed by atoms with E-state index >= 15 is 0 Å². The molecule has 0 radical (unpaired) electrons. The molecule has 5 nitrogen and oxygen atoms in total. The summed E-state index contributed by atoms with van der Waals surface area (Å²) in [7, 11) is 1.59. The lowest BCUT2D eigenvalue weighted by atomic mass is 9.96. The van der Waals surface area contributed by atoms with Crippen molar-refractivity contribution in [1.29, 1.82) is 0 Å². The van der Waals surface area contributed by atoms with Gasteiger partial charge >= 0.3 is 0 Å². The number of aliphatic imine (C=N–C) groups is 1. The standard InChI is InChI=1S/C19H27N3O2/c1-15-8-6-11-17(24-2)19(15)22-18(23)14-20-12-7-13-21-16-9-4-3-5-10-16/h6-8,11-13,16,21H,3-5,9-10,14H2,1-2H3,(H,22,23)/b13-7-,20-12+. The van der Waals surface area contributed by atoms with Crippen LogP contribution in [0.2, 0.25) is 0 Å². The fourth-order valence-electron chi connectivity index (χ4n) is 2.85. The van der Waals surface area contributed by atoms with Gasteiger partial charge in [-0.2, -0.15) is 0 Å². The highest BCUT2D eigenvalue weighted by Gasteiger charge is 2.10. The summed E-state index contributed by atoms with van der Waals surface area (Å²) in [5.74, 6) is 0.497. The molecule has 0 unspecified atom stereocenters. The van der Waals surface area contributed by atoms with Crippen molar-refractivity contribution < 1.29 is 9.53 Å². The fraction of sp³-hybridized carbons (Fsp3) is 0.474. The van der Waals surface area contributed by atoms with Crippen molar-refractivity contribution in [3.05, 3.63) is 36.0 Å². The van der Waals surface area contributed by atoms with E-state index in [0.29, 0.717) is 17.5 Å². The number of carbonyl (C=O) groups excluding carboxylic acids is 1. The van der Waals surface area contributed by atoms with Crippen molar-refractivity contribution in [2.75, 3.05) is 19.0 Å². The van der Waals surface area contributed by atoms with E-state index in [0.717, 1.165) is 5.56 Å². The van der Waals surface area contributed by atoms with E-state index in [2.05, 4.69) is 15.6 Å². The van der Waals surface area contributed by atoms with Crippen LogP contribution in [0.3, 0.4) is 0 Å². The lowest BCUT2D eigenvalue weighted by molar-refractivity contribution is -0.114. The van der Waals surface area contributed by atoms with E-state index in [1.165, 1.54) is 32.1 Å². The third-order valence-corrected chi connectivity index (χ3v) is 4.18. The molecule has 5 heteroatoms. The van der Waals surface area contributed by atoms with Gasteiger partial charge in [0.25, 0.3) is 0 Å². The Labute approximate surface area is 144 Å². The minimum atomic E-state index is -0.160. The number of allylic oxidation sites excluding steroid dienone is 1. The van der Waals surface area contributed by atoms with E-state index in [-0.39, 0.29) is 12.5 Å². The van der Waals surface area contributed by atoms with E-state index in [4.69, 9.17) is 4.74 Å². The molecular formula is C19H27N3O2. The first-order chi connectivity index (χ1) is 11.7. The lowest BCUT2D eigenvalue weighted by Crippen LogP contribution is -2.26. The first-order valence-electron chi connectivity index (χ1n) is 8.55. The van der Waals surface area contributed by atoms with Gasteiger partial charge in [0.1, 0.15) is 12.3 Å². The van der Waals surface area contributed by atoms with Crippen LogP contribution in [0.1, 0.15) is 37.7 Å². The Morgan fingerprint density at radius 3 is 2.88 bits per heavy atom. The van der Waals surface area contributed by atoms with Gasteiger partial charge in [0.15, 0.2) is 0 Å². The summed E-state index contributed by atoms with van der Waals surface area (Å²) in [6.07, 6.45) is 11.9. The van der Waals surface area contributed by atoms with Crippen molar-refractivity contribution in [1.82, 2.24) is 5.32 Å². The van der Waals surface area contributed by atoms with Gasteiger partial charge in [0.2, 0.25) is 5.91 Å². The van der Waals surface area contributed by atoms with E-state index in [1.807, 2.05) is 37.4 Å². The van der Waals surface area contributed by atoms with E-state index < -0.39 is 0 Å². The van der Waals surface area contributed by atoms with Crippen LogP contribution in [0.4, 0.5) is 5.69 Å².